The first-order chi connectivity index (χ1) is 9.91. The molecule has 0 radical (unpaired) electrons. The third kappa shape index (κ3) is 2.38. The SMILES string of the molecule is NC1(c2ccc(C(F)(F)F)cc2)CCOc2ccccc21. The fraction of sp³-hybridized carbons (Fsp3) is 0.250. The number of para-hydroxylation sites is 1. The summed E-state index contributed by atoms with van der Waals surface area (Å²) in [6.07, 6.45) is -3.82. The maximum Gasteiger partial charge on any atom is 0.416 e. The number of ether oxygens (including phenoxy) is 1. The topological polar surface area (TPSA) is 35.2 Å². The molecule has 2 aromatic rings. The quantitative estimate of drug-likeness (QED) is 0.870. The minimum Gasteiger partial charge on any atom is -0.493 e. The number of hydrogen-bond donors (Lipinski definition) is 1. The standard InChI is InChI=1S/C16H14F3NO/c17-16(18,19)12-7-5-11(6-8-12)15(20)9-10-21-14-4-2-1-3-13(14)15/h1-8H,9-10,20H2. The van der Waals surface area contributed by atoms with Crippen molar-refractivity contribution in [3.63, 3.8) is 0 Å². The molecule has 0 bridgehead atoms. The lowest BCUT2D eigenvalue weighted by Gasteiger charge is -2.36. The number of fused-ring (bicyclic) bond motifs is 1. The van der Waals surface area contributed by atoms with Crippen molar-refractivity contribution in [2.24, 2.45) is 5.73 Å². The Morgan fingerprint density at radius 2 is 1.67 bits per heavy atom. The summed E-state index contributed by atoms with van der Waals surface area (Å²) in [5, 5.41) is 0. The van der Waals surface area contributed by atoms with Gasteiger partial charge in [-0.3, -0.25) is 0 Å². The van der Waals surface area contributed by atoms with Gasteiger partial charge in [0, 0.05) is 12.0 Å². The average Bonchev–Trinajstić information content (AvgIpc) is 2.47. The second-order valence-electron chi connectivity index (χ2n) is 5.14. The largest absolute Gasteiger partial charge is 0.493 e. The summed E-state index contributed by atoms with van der Waals surface area (Å²) in [6.45, 7) is 0.439. The highest BCUT2D eigenvalue weighted by Crippen LogP contribution is 2.40. The van der Waals surface area contributed by atoms with E-state index in [9.17, 15) is 13.2 Å². The number of hydrogen-bond acceptors (Lipinski definition) is 2. The molecule has 3 rings (SSSR count). The summed E-state index contributed by atoms with van der Waals surface area (Å²) < 4.78 is 43.5. The number of halogens is 3. The van der Waals surface area contributed by atoms with Gasteiger partial charge in [0.05, 0.1) is 17.7 Å². The van der Waals surface area contributed by atoms with E-state index in [-0.39, 0.29) is 0 Å². The molecule has 1 heterocycles. The zero-order valence-corrected chi connectivity index (χ0v) is 11.2. The van der Waals surface area contributed by atoms with Gasteiger partial charge in [0.1, 0.15) is 5.75 Å². The molecule has 0 aromatic heterocycles. The van der Waals surface area contributed by atoms with Gasteiger partial charge in [-0.2, -0.15) is 13.2 Å². The van der Waals surface area contributed by atoms with Crippen molar-refractivity contribution < 1.29 is 17.9 Å². The van der Waals surface area contributed by atoms with Crippen LogP contribution in [0, 0.1) is 0 Å². The second-order valence-corrected chi connectivity index (χ2v) is 5.14. The van der Waals surface area contributed by atoms with Crippen molar-refractivity contribution in [3.05, 3.63) is 65.2 Å². The lowest BCUT2D eigenvalue weighted by molar-refractivity contribution is -0.137. The van der Waals surface area contributed by atoms with Crippen LogP contribution in [0.1, 0.15) is 23.1 Å². The predicted octanol–water partition coefficient (Wildman–Crippen LogP) is 3.69. The minimum absolute atomic E-state index is 0.439. The van der Waals surface area contributed by atoms with E-state index in [1.165, 1.54) is 12.1 Å². The van der Waals surface area contributed by atoms with Gasteiger partial charge in [0.2, 0.25) is 0 Å². The van der Waals surface area contributed by atoms with Crippen LogP contribution in [0.25, 0.3) is 0 Å². The van der Waals surface area contributed by atoms with Crippen molar-refractivity contribution in [3.8, 4) is 5.75 Å². The molecular formula is C16H14F3NO. The third-order valence-corrected chi connectivity index (χ3v) is 3.85. The lowest BCUT2D eigenvalue weighted by atomic mass is 9.79. The van der Waals surface area contributed by atoms with Crippen LogP contribution < -0.4 is 10.5 Å². The molecule has 0 spiro atoms. The maximum atomic E-state index is 12.6. The first-order valence-corrected chi connectivity index (χ1v) is 6.60. The Labute approximate surface area is 120 Å². The van der Waals surface area contributed by atoms with Gasteiger partial charge >= 0.3 is 6.18 Å². The number of rotatable bonds is 1. The highest BCUT2D eigenvalue weighted by molar-refractivity contribution is 5.48. The molecule has 5 heteroatoms. The van der Waals surface area contributed by atoms with Gasteiger partial charge in [-0.15, -0.1) is 0 Å². The minimum atomic E-state index is -4.34. The Morgan fingerprint density at radius 1 is 1.00 bits per heavy atom. The Kier molecular flexibility index (Phi) is 3.17. The van der Waals surface area contributed by atoms with Gasteiger partial charge < -0.3 is 10.5 Å². The Bertz CT molecular complexity index is 651. The van der Waals surface area contributed by atoms with E-state index in [4.69, 9.17) is 10.5 Å². The summed E-state index contributed by atoms with van der Waals surface area (Å²) in [7, 11) is 0. The Balaban J connectivity index is 2.04. The normalized spacial score (nSPS) is 21.5. The first kappa shape index (κ1) is 13.9. The zero-order valence-electron chi connectivity index (χ0n) is 11.2. The van der Waals surface area contributed by atoms with E-state index in [1.54, 1.807) is 0 Å². The number of benzene rings is 2. The fourth-order valence-electron chi connectivity index (χ4n) is 2.67. The molecule has 0 aliphatic carbocycles. The second kappa shape index (κ2) is 4.77. The van der Waals surface area contributed by atoms with Crippen molar-refractivity contribution >= 4 is 0 Å². The Morgan fingerprint density at radius 3 is 2.33 bits per heavy atom. The van der Waals surface area contributed by atoms with Gasteiger partial charge in [0.15, 0.2) is 0 Å². The molecule has 1 atom stereocenters. The van der Waals surface area contributed by atoms with Crippen molar-refractivity contribution in [2.75, 3.05) is 6.61 Å². The van der Waals surface area contributed by atoms with Crippen LogP contribution in [0.4, 0.5) is 13.2 Å². The predicted molar refractivity (Wildman–Crippen MR) is 73.0 cm³/mol. The van der Waals surface area contributed by atoms with Crippen LogP contribution in [-0.4, -0.2) is 6.61 Å². The number of nitrogens with two attached hydrogens (primary N) is 1. The smallest absolute Gasteiger partial charge is 0.416 e. The molecule has 0 fully saturated rings. The maximum absolute atomic E-state index is 12.6. The molecule has 1 aliphatic rings. The van der Waals surface area contributed by atoms with Gasteiger partial charge in [-0.1, -0.05) is 30.3 Å². The average molecular weight is 293 g/mol. The highest BCUT2D eigenvalue weighted by atomic mass is 19.4. The molecule has 1 unspecified atom stereocenters. The van der Waals surface area contributed by atoms with Crippen LogP contribution in [-0.2, 0) is 11.7 Å². The summed E-state index contributed by atoms with van der Waals surface area (Å²) >= 11 is 0. The van der Waals surface area contributed by atoms with Crippen molar-refractivity contribution in [1.82, 2.24) is 0 Å². The van der Waals surface area contributed by atoms with Crippen LogP contribution in [0.15, 0.2) is 48.5 Å². The molecule has 0 amide bonds. The fourth-order valence-corrected chi connectivity index (χ4v) is 2.67. The molecular weight excluding hydrogens is 279 g/mol. The molecule has 2 nitrogen and oxygen atoms in total. The molecule has 0 saturated carbocycles. The number of alkyl halides is 3. The van der Waals surface area contributed by atoms with Gasteiger partial charge in [0.25, 0.3) is 0 Å². The Hall–Kier alpha value is -2.01. The molecule has 2 N–H and O–H groups in total. The molecule has 2 aromatic carbocycles. The van der Waals surface area contributed by atoms with E-state index in [0.29, 0.717) is 24.3 Å². The van der Waals surface area contributed by atoms with Crippen molar-refractivity contribution in [1.29, 1.82) is 0 Å². The molecule has 0 saturated heterocycles. The van der Waals surface area contributed by atoms with E-state index < -0.39 is 17.3 Å². The lowest BCUT2D eigenvalue weighted by Crippen LogP contribution is -2.42. The first-order valence-electron chi connectivity index (χ1n) is 6.60. The van der Waals surface area contributed by atoms with Crippen LogP contribution in [0.3, 0.4) is 0 Å². The third-order valence-electron chi connectivity index (χ3n) is 3.85. The summed E-state index contributed by atoms with van der Waals surface area (Å²) in [6, 6.07) is 12.4. The van der Waals surface area contributed by atoms with Crippen LogP contribution >= 0.6 is 0 Å². The molecule has 1 aliphatic heterocycles. The highest BCUT2D eigenvalue weighted by Gasteiger charge is 2.36. The van der Waals surface area contributed by atoms with Crippen LogP contribution in [0.2, 0.25) is 0 Å². The van der Waals surface area contributed by atoms with Gasteiger partial charge in [-0.05, 0) is 23.8 Å². The van der Waals surface area contributed by atoms with Crippen LogP contribution in [0.5, 0.6) is 5.75 Å². The molecule has 21 heavy (non-hydrogen) atoms. The monoisotopic (exact) mass is 293 g/mol. The van der Waals surface area contributed by atoms with Crippen molar-refractivity contribution in [2.45, 2.75) is 18.1 Å². The van der Waals surface area contributed by atoms with E-state index >= 15 is 0 Å². The summed E-state index contributed by atoms with van der Waals surface area (Å²) in [4.78, 5) is 0. The summed E-state index contributed by atoms with van der Waals surface area (Å²) in [5.74, 6) is 0.686. The van der Waals surface area contributed by atoms with Gasteiger partial charge in [-0.25, -0.2) is 0 Å². The zero-order chi connectivity index (χ0) is 15.1. The molecule has 110 valence electrons. The van der Waals surface area contributed by atoms with E-state index in [0.717, 1.165) is 17.7 Å². The van der Waals surface area contributed by atoms with E-state index in [1.807, 2.05) is 24.3 Å². The van der Waals surface area contributed by atoms with E-state index in [2.05, 4.69) is 0 Å². The summed E-state index contributed by atoms with van der Waals surface area (Å²) in [5.41, 5.74) is 6.46.